The average molecular weight is 437 g/mol. The summed E-state index contributed by atoms with van der Waals surface area (Å²) in [6.07, 6.45) is 2.07. The third kappa shape index (κ3) is 4.10. The number of carbonyl (C=O) groups is 2. The van der Waals surface area contributed by atoms with Gasteiger partial charge < -0.3 is 19.5 Å². The summed E-state index contributed by atoms with van der Waals surface area (Å²) < 4.78 is 16.0. The number of fused-ring (bicyclic) bond motifs is 1. The van der Waals surface area contributed by atoms with Gasteiger partial charge in [-0.1, -0.05) is 12.1 Å². The number of benzene rings is 2. The zero-order valence-electron chi connectivity index (χ0n) is 18.1. The van der Waals surface area contributed by atoms with E-state index in [-0.39, 0.29) is 31.1 Å². The molecule has 3 aliphatic rings. The fourth-order valence-corrected chi connectivity index (χ4v) is 4.61. The number of nitrogens with one attached hydrogen (secondary N) is 1. The zero-order valence-corrected chi connectivity index (χ0v) is 18.1. The molecule has 0 aliphatic carbocycles. The van der Waals surface area contributed by atoms with Crippen LogP contribution in [0, 0.1) is 0 Å². The Morgan fingerprint density at radius 3 is 2.53 bits per heavy atom. The van der Waals surface area contributed by atoms with Crippen LogP contribution in [0.25, 0.3) is 0 Å². The number of amides is 2. The summed E-state index contributed by atoms with van der Waals surface area (Å²) in [6.45, 7) is 2.13. The maximum atomic E-state index is 13.0. The van der Waals surface area contributed by atoms with Crippen molar-refractivity contribution in [2.24, 2.45) is 0 Å². The van der Waals surface area contributed by atoms with Gasteiger partial charge in [-0.3, -0.25) is 19.4 Å². The Hall–Kier alpha value is -3.26. The summed E-state index contributed by atoms with van der Waals surface area (Å²) in [5.41, 5.74) is 1.92. The van der Waals surface area contributed by atoms with Crippen LogP contribution in [0.3, 0.4) is 0 Å². The number of anilines is 1. The lowest BCUT2D eigenvalue weighted by molar-refractivity contribution is -0.140. The van der Waals surface area contributed by atoms with Gasteiger partial charge in [0.25, 0.3) is 0 Å². The molecule has 2 fully saturated rings. The average Bonchev–Trinajstić information content (AvgIpc) is 3.39. The Morgan fingerprint density at radius 2 is 1.78 bits per heavy atom. The molecular weight excluding hydrogens is 410 g/mol. The standard InChI is InChI=1S/C24H27N3O5/c1-30-19-5-2-16(3-6-19)14-27-23(28)13-20(24(27)29)26-10-8-17(9-11-26)25-18-4-7-21-22(12-18)32-15-31-21/h2-7,12,17,20,25H,8-11,13-15H2,1H3/t20-/m1/s1. The van der Waals surface area contributed by atoms with Gasteiger partial charge in [-0.05, 0) is 42.7 Å². The highest BCUT2D eigenvalue weighted by atomic mass is 16.7. The van der Waals surface area contributed by atoms with Gasteiger partial charge >= 0.3 is 0 Å². The van der Waals surface area contributed by atoms with Crippen molar-refractivity contribution in [3.63, 3.8) is 0 Å². The molecule has 168 valence electrons. The molecule has 1 atom stereocenters. The molecule has 0 saturated carbocycles. The number of hydrogen-bond acceptors (Lipinski definition) is 7. The molecule has 8 nitrogen and oxygen atoms in total. The van der Waals surface area contributed by atoms with Crippen molar-refractivity contribution in [3.05, 3.63) is 48.0 Å². The number of nitrogens with zero attached hydrogens (tertiary/aromatic N) is 2. The van der Waals surface area contributed by atoms with Crippen LogP contribution >= 0.6 is 0 Å². The van der Waals surface area contributed by atoms with Crippen molar-refractivity contribution in [1.82, 2.24) is 9.80 Å². The molecule has 2 saturated heterocycles. The number of ether oxygens (including phenoxy) is 3. The highest BCUT2D eigenvalue weighted by Gasteiger charge is 2.42. The van der Waals surface area contributed by atoms with Crippen LogP contribution in [0.15, 0.2) is 42.5 Å². The summed E-state index contributed by atoms with van der Waals surface area (Å²) in [5.74, 6) is 2.10. The summed E-state index contributed by atoms with van der Waals surface area (Å²) in [5, 5.41) is 3.56. The van der Waals surface area contributed by atoms with Crippen molar-refractivity contribution >= 4 is 17.5 Å². The van der Waals surface area contributed by atoms with Crippen LogP contribution in [0.2, 0.25) is 0 Å². The van der Waals surface area contributed by atoms with Gasteiger partial charge in [0.05, 0.1) is 26.1 Å². The lowest BCUT2D eigenvalue weighted by Crippen LogP contribution is -2.47. The number of likely N-dealkylation sites (tertiary alicyclic amines) is 2. The van der Waals surface area contributed by atoms with Crippen LogP contribution in [0.5, 0.6) is 17.2 Å². The molecule has 0 radical (unpaired) electrons. The van der Waals surface area contributed by atoms with Crippen LogP contribution in [-0.2, 0) is 16.1 Å². The predicted molar refractivity (Wildman–Crippen MR) is 118 cm³/mol. The summed E-state index contributed by atoms with van der Waals surface area (Å²) >= 11 is 0. The Labute approximate surface area is 187 Å². The highest BCUT2D eigenvalue weighted by Crippen LogP contribution is 2.35. The van der Waals surface area contributed by atoms with E-state index < -0.39 is 0 Å². The molecule has 0 unspecified atom stereocenters. The quantitative estimate of drug-likeness (QED) is 0.696. The molecule has 3 aliphatic heterocycles. The zero-order chi connectivity index (χ0) is 22.1. The molecule has 5 rings (SSSR count). The second kappa shape index (κ2) is 8.70. The normalized spacial score (nSPS) is 21.3. The van der Waals surface area contributed by atoms with Crippen molar-refractivity contribution in [3.8, 4) is 17.2 Å². The first kappa shape index (κ1) is 20.6. The van der Waals surface area contributed by atoms with E-state index in [1.165, 1.54) is 4.90 Å². The van der Waals surface area contributed by atoms with E-state index in [9.17, 15) is 9.59 Å². The molecule has 2 amide bonds. The smallest absolute Gasteiger partial charge is 0.247 e. The minimum Gasteiger partial charge on any atom is -0.497 e. The lowest BCUT2D eigenvalue weighted by atomic mass is 10.0. The fraction of sp³-hybridized carbons (Fsp3) is 0.417. The third-order valence-electron chi connectivity index (χ3n) is 6.43. The van der Waals surface area contributed by atoms with E-state index in [1.807, 2.05) is 42.5 Å². The van der Waals surface area contributed by atoms with Crippen molar-refractivity contribution in [2.75, 3.05) is 32.3 Å². The van der Waals surface area contributed by atoms with Gasteiger partial charge in [0.1, 0.15) is 5.75 Å². The first-order valence-electron chi connectivity index (χ1n) is 11.0. The molecule has 3 heterocycles. The molecule has 2 aromatic carbocycles. The van der Waals surface area contributed by atoms with Gasteiger partial charge in [-0.2, -0.15) is 0 Å². The minimum absolute atomic E-state index is 0.0898. The largest absolute Gasteiger partial charge is 0.497 e. The van der Waals surface area contributed by atoms with Crippen LogP contribution in [0.4, 0.5) is 5.69 Å². The Balaban J connectivity index is 1.15. The van der Waals surface area contributed by atoms with E-state index in [0.29, 0.717) is 12.6 Å². The molecule has 32 heavy (non-hydrogen) atoms. The van der Waals surface area contributed by atoms with Crippen molar-refractivity contribution in [1.29, 1.82) is 0 Å². The molecule has 0 bridgehead atoms. The van der Waals surface area contributed by atoms with E-state index in [1.54, 1.807) is 7.11 Å². The molecule has 0 aromatic heterocycles. The number of hydrogen-bond donors (Lipinski definition) is 1. The minimum atomic E-state index is -0.354. The Kier molecular flexibility index (Phi) is 5.61. The number of methoxy groups -OCH3 is 1. The summed E-state index contributed by atoms with van der Waals surface area (Å²) in [6, 6.07) is 13.3. The van der Waals surface area contributed by atoms with Gasteiger partial charge in [-0.15, -0.1) is 0 Å². The van der Waals surface area contributed by atoms with Gasteiger partial charge in [0, 0.05) is 30.9 Å². The highest BCUT2D eigenvalue weighted by molar-refractivity contribution is 6.05. The molecule has 2 aromatic rings. The first-order chi connectivity index (χ1) is 15.6. The molecular formula is C24H27N3O5. The van der Waals surface area contributed by atoms with E-state index in [4.69, 9.17) is 14.2 Å². The predicted octanol–water partition coefficient (Wildman–Crippen LogP) is 2.63. The maximum absolute atomic E-state index is 13.0. The second-order valence-electron chi connectivity index (χ2n) is 8.41. The van der Waals surface area contributed by atoms with Crippen molar-refractivity contribution < 1.29 is 23.8 Å². The van der Waals surface area contributed by atoms with E-state index >= 15 is 0 Å². The topological polar surface area (TPSA) is 80.3 Å². The summed E-state index contributed by atoms with van der Waals surface area (Å²) in [7, 11) is 1.61. The molecule has 1 N–H and O–H groups in total. The molecule has 8 heteroatoms. The van der Waals surface area contributed by atoms with Gasteiger partial charge in [0.15, 0.2) is 11.5 Å². The lowest BCUT2D eigenvalue weighted by Gasteiger charge is -2.35. The van der Waals surface area contributed by atoms with Crippen molar-refractivity contribution in [2.45, 2.75) is 37.9 Å². The van der Waals surface area contributed by atoms with Crippen LogP contribution < -0.4 is 19.5 Å². The Morgan fingerprint density at radius 1 is 1.03 bits per heavy atom. The summed E-state index contributed by atoms with van der Waals surface area (Å²) in [4.78, 5) is 29.2. The Bertz CT molecular complexity index is 1000. The number of rotatable bonds is 6. The monoisotopic (exact) mass is 437 g/mol. The number of imide groups is 1. The van der Waals surface area contributed by atoms with E-state index in [0.717, 1.165) is 54.4 Å². The van der Waals surface area contributed by atoms with Gasteiger partial charge in [0.2, 0.25) is 18.6 Å². The maximum Gasteiger partial charge on any atom is 0.247 e. The molecule has 0 spiro atoms. The van der Waals surface area contributed by atoms with Crippen LogP contribution in [-0.4, -0.2) is 60.7 Å². The van der Waals surface area contributed by atoms with Crippen LogP contribution in [0.1, 0.15) is 24.8 Å². The second-order valence-corrected chi connectivity index (χ2v) is 8.41. The van der Waals surface area contributed by atoms with E-state index in [2.05, 4.69) is 10.2 Å². The third-order valence-corrected chi connectivity index (χ3v) is 6.43. The first-order valence-corrected chi connectivity index (χ1v) is 11.0. The fourth-order valence-electron chi connectivity index (χ4n) is 4.61. The number of carbonyl (C=O) groups excluding carboxylic acids is 2. The SMILES string of the molecule is COc1ccc(CN2C(=O)C[C@@H](N3CCC(Nc4ccc5c(c4)OCO5)CC3)C2=O)cc1. The number of piperidine rings is 1. The van der Waals surface area contributed by atoms with Gasteiger partial charge in [-0.25, -0.2) is 0 Å².